The van der Waals surface area contributed by atoms with Crippen LogP contribution in [0.2, 0.25) is 0 Å². The lowest BCUT2D eigenvalue weighted by Crippen LogP contribution is -2.32. The predicted octanol–water partition coefficient (Wildman–Crippen LogP) is 0.962. The number of nitrogens with zero attached hydrogens (tertiary/aromatic N) is 4. The molecule has 6 nitrogen and oxygen atoms in total. The van der Waals surface area contributed by atoms with Crippen LogP contribution in [0.25, 0.3) is 0 Å². The smallest absolute Gasteiger partial charge is 0.261 e. The van der Waals surface area contributed by atoms with Crippen LogP contribution in [0.1, 0.15) is 32.4 Å². The van der Waals surface area contributed by atoms with Gasteiger partial charge in [0, 0.05) is 20.0 Å². The Morgan fingerprint density at radius 1 is 1.10 bits per heavy atom. The maximum absolute atomic E-state index is 12.2. The molecule has 0 aliphatic carbocycles. The molecular formula is C14H14N4O2. The Bertz CT molecular complexity index is 650. The molecule has 102 valence electrons. The number of benzene rings is 1. The molecule has 0 radical (unpaired) electrons. The van der Waals surface area contributed by atoms with Crippen molar-refractivity contribution in [1.29, 1.82) is 0 Å². The molecule has 0 saturated carbocycles. The first kappa shape index (κ1) is 12.5. The average Bonchev–Trinajstić information content (AvgIpc) is 2.88. The summed E-state index contributed by atoms with van der Waals surface area (Å²) in [6, 6.07) is 6.88. The third kappa shape index (κ3) is 1.89. The number of imide groups is 1. The number of fused-ring (bicyclic) bond motifs is 1. The number of carbonyl (C=O) groups excluding carboxylic acids is 2. The van der Waals surface area contributed by atoms with Gasteiger partial charge in [0.05, 0.1) is 11.1 Å². The summed E-state index contributed by atoms with van der Waals surface area (Å²) in [6.45, 7) is 2.16. The topological polar surface area (TPSA) is 68.1 Å². The van der Waals surface area contributed by atoms with Crippen molar-refractivity contribution >= 4 is 11.8 Å². The van der Waals surface area contributed by atoms with Gasteiger partial charge in [-0.05, 0) is 19.1 Å². The molecule has 20 heavy (non-hydrogen) atoms. The minimum absolute atomic E-state index is 0.238. The zero-order valence-corrected chi connectivity index (χ0v) is 11.3. The van der Waals surface area contributed by atoms with Crippen molar-refractivity contribution in [2.45, 2.75) is 13.3 Å². The van der Waals surface area contributed by atoms with Gasteiger partial charge in [-0.2, -0.15) is 5.10 Å². The SMILES string of the molecule is Cc1nc(CCN2C(=O)c3ccccc3C2=O)nn1C. The summed E-state index contributed by atoms with van der Waals surface area (Å²) in [5.74, 6) is 0.973. The van der Waals surface area contributed by atoms with Crippen molar-refractivity contribution in [3.63, 3.8) is 0 Å². The van der Waals surface area contributed by atoms with Crippen molar-refractivity contribution in [2.75, 3.05) is 6.54 Å². The van der Waals surface area contributed by atoms with Gasteiger partial charge in [0.2, 0.25) is 0 Å². The first-order valence-corrected chi connectivity index (χ1v) is 6.39. The molecule has 0 fully saturated rings. The molecule has 6 heteroatoms. The number of rotatable bonds is 3. The minimum Gasteiger partial charge on any atom is -0.274 e. The highest BCUT2D eigenvalue weighted by atomic mass is 16.2. The van der Waals surface area contributed by atoms with Crippen molar-refractivity contribution < 1.29 is 9.59 Å². The van der Waals surface area contributed by atoms with Gasteiger partial charge >= 0.3 is 0 Å². The highest BCUT2D eigenvalue weighted by Crippen LogP contribution is 2.22. The third-order valence-corrected chi connectivity index (χ3v) is 3.46. The van der Waals surface area contributed by atoms with E-state index in [2.05, 4.69) is 10.1 Å². The first-order chi connectivity index (χ1) is 9.58. The Hall–Kier alpha value is -2.50. The van der Waals surface area contributed by atoms with Crippen LogP contribution in [0.5, 0.6) is 0 Å². The van der Waals surface area contributed by atoms with E-state index in [1.54, 1.807) is 28.9 Å². The summed E-state index contributed by atoms with van der Waals surface area (Å²) in [7, 11) is 1.81. The van der Waals surface area contributed by atoms with E-state index in [0.717, 1.165) is 5.82 Å². The van der Waals surface area contributed by atoms with Crippen LogP contribution in [-0.4, -0.2) is 38.0 Å². The Labute approximate surface area is 116 Å². The highest BCUT2D eigenvalue weighted by Gasteiger charge is 2.34. The van der Waals surface area contributed by atoms with E-state index in [0.29, 0.717) is 29.9 Å². The molecule has 0 saturated heterocycles. The Morgan fingerprint density at radius 3 is 2.20 bits per heavy atom. The summed E-state index contributed by atoms with van der Waals surface area (Å²) >= 11 is 0. The van der Waals surface area contributed by atoms with Crippen LogP contribution in [-0.2, 0) is 13.5 Å². The number of aryl methyl sites for hydroxylation is 2. The van der Waals surface area contributed by atoms with Gasteiger partial charge in [0.15, 0.2) is 5.82 Å². The van der Waals surface area contributed by atoms with Gasteiger partial charge in [-0.1, -0.05) is 12.1 Å². The van der Waals surface area contributed by atoms with Crippen LogP contribution in [0.3, 0.4) is 0 Å². The summed E-state index contributed by atoms with van der Waals surface area (Å²) in [6.07, 6.45) is 0.465. The second kappa shape index (κ2) is 4.56. The van der Waals surface area contributed by atoms with Crippen LogP contribution >= 0.6 is 0 Å². The lowest BCUT2D eigenvalue weighted by molar-refractivity contribution is 0.0655. The van der Waals surface area contributed by atoms with E-state index in [9.17, 15) is 9.59 Å². The number of hydrogen-bond donors (Lipinski definition) is 0. The lowest BCUT2D eigenvalue weighted by atomic mass is 10.1. The number of carbonyl (C=O) groups is 2. The first-order valence-electron chi connectivity index (χ1n) is 6.39. The number of hydrogen-bond acceptors (Lipinski definition) is 4. The summed E-state index contributed by atoms with van der Waals surface area (Å²) in [5, 5.41) is 4.23. The Balaban J connectivity index is 1.77. The molecule has 3 rings (SSSR count). The van der Waals surface area contributed by atoms with Gasteiger partial charge in [-0.3, -0.25) is 19.2 Å². The van der Waals surface area contributed by atoms with Crippen LogP contribution in [0.15, 0.2) is 24.3 Å². The number of amides is 2. The fraction of sp³-hybridized carbons (Fsp3) is 0.286. The molecule has 0 bridgehead atoms. The van der Waals surface area contributed by atoms with Gasteiger partial charge in [-0.25, -0.2) is 4.98 Å². The van der Waals surface area contributed by atoms with Crippen LogP contribution < -0.4 is 0 Å². The van der Waals surface area contributed by atoms with E-state index in [1.807, 2.05) is 14.0 Å². The van der Waals surface area contributed by atoms with Crippen LogP contribution in [0, 0.1) is 6.92 Å². The summed E-state index contributed by atoms with van der Waals surface area (Å²) in [5.41, 5.74) is 0.949. The second-order valence-electron chi connectivity index (χ2n) is 4.76. The lowest BCUT2D eigenvalue weighted by Gasteiger charge is -2.11. The quantitative estimate of drug-likeness (QED) is 0.779. The van der Waals surface area contributed by atoms with E-state index >= 15 is 0 Å². The molecule has 0 unspecified atom stereocenters. The van der Waals surface area contributed by atoms with Gasteiger partial charge in [0.25, 0.3) is 11.8 Å². The zero-order chi connectivity index (χ0) is 14.3. The molecule has 2 aromatic rings. The van der Waals surface area contributed by atoms with Crippen molar-refractivity contribution in [2.24, 2.45) is 7.05 Å². The molecule has 1 aromatic carbocycles. The standard InChI is InChI=1S/C14H14N4O2/c1-9-15-12(16-17(9)2)7-8-18-13(19)10-5-3-4-6-11(10)14(18)20/h3-6H,7-8H2,1-2H3. The van der Waals surface area contributed by atoms with Gasteiger partial charge in [-0.15, -0.1) is 0 Å². The van der Waals surface area contributed by atoms with E-state index < -0.39 is 0 Å². The van der Waals surface area contributed by atoms with E-state index in [-0.39, 0.29) is 11.8 Å². The van der Waals surface area contributed by atoms with E-state index in [1.165, 1.54) is 4.90 Å². The largest absolute Gasteiger partial charge is 0.274 e. The molecule has 0 atom stereocenters. The normalized spacial score (nSPS) is 14.0. The van der Waals surface area contributed by atoms with E-state index in [4.69, 9.17) is 0 Å². The highest BCUT2D eigenvalue weighted by molar-refractivity contribution is 6.21. The summed E-state index contributed by atoms with van der Waals surface area (Å²) in [4.78, 5) is 29.9. The molecule has 2 amide bonds. The van der Waals surface area contributed by atoms with Gasteiger partial charge in [0.1, 0.15) is 5.82 Å². The minimum atomic E-state index is -0.238. The molecule has 0 N–H and O–H groups in total. The van der Waals surface area contributed by atoms with Crippen molar-refractivity contribution in [1.82, 2.24) is 19.7 Å². The maximum Gasteiger partial charge on any atom is 0.261 e. The molecule has 1 aliphatic rings. The third-order valence-electron chi connectivity index (χ3n) is 3.46. The van der Waals surface area contributed by atoms with Crippen molar-refractivity contribution in [3.8, 4) is 0 Å². The maximum atomic E-state index is 12.2. The molecule has 2 heterocycles. The van der Waals surface area contributed by atoms with Crippen LogP contribution in [0.4, 0.5) is 0 Å². The molecule has 1 aromatic heterocycles. The monoisotopic (exact) mass is 270 g/mol. The predicted molar refractivity (Wildman–Crippen MR) is 71.3 cm³/mol. The Morgan fingerprint density at radius 2 is 1.70 bits per heavy atom. The molecular weight excluding hydrogens is 256 g/mol. The number of aromatic nitrogens is 3. The summed E-state index contributed by atoms with van der Waals surface area (Å²) < 4.78 is 1.68. The van der Waals surface area contributed by atoms with Crippen molar-refractivity contribution in [3.05, 3.63) is 47.0 Å². The fourth-order valence-electron chi connectivity index (χ4n) is 2.29. The molecule has 1 aliphatic heterocycles. The average molecular weight is 270 g/mol. The second-order valence-corrected chi connectivity index (χ2v) is 4.76. The van der Waals surface area contributed by atoms with Gasteiger partial charge < -0.3 is 0 Å². The Kier molecular flexibility index (Phi) is 2.85. The fourth-order valence-corrected chi connectivity index (χ4v) is 2.29. The zero-order valence-electron chi connectivity index (χ0n) is 11.3. The molecule has 0 spiro atoms.